The Morgan fingerprint density at radius 1 is 1.20 bits per heavy atom. The molecule has 0 spiro atoms. The van der Waals surface area contributed by atoms with Crippen molar-refractivity contribution in [2.24, 2.45) is 0 Å². The zero-order valence-electron chi connectivity index (χ0n) is 10.5. The first-order valence-electron chi connectivity index (χ1n) is 6.04. The van der Waals surface area contributed by atoms with Gasteiger partial charge in [0.25, 0.3) is 9.05 Å². The van der Waals surface area contributed by atoms with Crippen molar-refractivity contribution in [2.75, 3.05) is 0 Å². The molecule has 0 amide bonds. The number of benzene rings is 1. The lowest BCUT2D eigenvalue weighted by atomic mass is 10.2. The number of aryl methyl sites for hydroxylation is 2. The summed E-state index contributed by atoms with van der Waals surface area (Å²) < 4.78 is 27.1. The van der Waals surface area contributed by atoms with Crippen LogP contribution in [-0.4, -0.2) is 22.5 Å². The second-order valence-corrected chi connectivity index (χ2v) is 6.98. The van der Waals surface area contributed by atoms with Crippen LogP contribution in [0.15, 0.2) is 54.1 Å². The molecule has 0 fully saturated rings. The second-order valence-electron chi connectivity index (χ2n) is 4.44. The molecule has 0 bridgehead atoms. The minimum absolute atomic E-state index is 0.153. The topological polar surface area (TPSA) is 56.9 Å². The van der Waals surface area contributed by atoms with Gasteiger partial charge in [-0.15, -0.1) is 0 Å². The highest BCUT2D eigenvalue weighted by molar-refractivity contribution is 8.14. The molecule has 0 aliphatic carbocycles. The van der Waals surface area contributed by atoms with Gasteiger partial charge in [0.15, 0.2) is 0 Å². The molecule has 2 aromatic heterocycles. The molecule has 0 aliphatic rings. The van der Waals surface area contributed by atoms with Crippen LogP contribution in [0.25, 0.3) is 10.9 Å². The van der Waals surface area contributed by atoms with E-state index < -0.39 is 9.05 Å². The van der Waals surface area contributed by atoms with Crippen LogP contribution in [0, 0.1) is 0 Å². The van der Waals surface area contributed by atoms with Crippen LogP contribution >= 0.6 is 10.7 Å². The fraction of sp³-hybridized carbons (Fsp3) is 0.154. The lowest BCUT2D eigenvalue weighted by Crippen LogP contribution is -2.04. The van der Waals surface area contributed by atoms with Crippen molar-refractivity contribution >= 4 is 30.6 Å². The van der Waals surface area contributed by atoms with Crippen molar-refractivity contribution in [1.29, 1.82) is 0 Å². The van der Waals surface area contributed by atoms with Crippen LogP contribution in [0.3, 0.4) is 0 Å². The van der Waals surface area contributed by atoms with E-state index in [4.69, 9.17) is 10.7 Å². The first kappa shape index (κ1) is 13.2. The molecular formula is C13H12ClN3O2S. The van der Waals surface area contributed by atoms with Crippen LogP contribution in [0.5, 0.6) is 0 Å². The van der Waals surface area contributed by atoms with Crippen molar-refractivity contribution in [3.05, 3.63) is 49.2 Å². The number of hydrogen-bond donors (Lipinski definition) is 0. The molecule has 0 saturated carbocycles. The van der Waals surface area contributed by atoms with Crippen molar-refractivity contribution < 1.29 is 8.42 Å². The van der Waals surface area contributed by atoms with Crippen LogP contribution in [0.4, 0.5) is 0 Å². The molecule has 3 rings (SSSR count). The lowest BCUT2D eigenvalue weighted by Gasteiger charge is -2.05. The van der Waals surface area contributed by atoms with Crippen LogP contribution < -0.4 is 0 Å². The van der Waals surface area contributed by atoms with Gasteiger partial charge < -0.3 is 9.13 Å². The lowest BCUT2D eigenvalue weighted by molar-refractivity contribution is 0.587. The van der Waals surface area contributed by atoms with Gasteiger partial charge in [0.05, 0.1) is 6.33 Å². The van der Waals surface area contributed by atoms with Crippen molar-refractivity contribution in [1.82, 2.24) is 14.1 Å². The van der Waals surface area contributed by atoms with E-state index in [1.54, 1.807) is 30.9 Å². The molecule has 104 valence electrons. The van der Waals surface area contributed by atoms with Gasteiger partial charge in [0.2, 0.25) is 0 Å². The third-order valence-corrected chi connectivity index (χ3v) is 4.52. The highest BCUT2D eigenvalue weighted by atomic mass is 35.7. The Hall–Kier alpha value is -1.79. The average Bonchev–Trinajstić information content (AvgIpc) is 3.03. The Balaban J connectivity index is 2.03. The quantitative estimate of drug-likeness (QED) is 0.696. The van der Waals surface area contributed by atoms with Gasteiger partial charge in [-0.1, -0.05) is 18.2 Å². The number of para-hydroxylation sites is 1. The highest BCUT2D eigenvalue weighted by Crippen LogP contribution is 2.27. The molecule has 3 aromatic rings. The fourth-order valence-electron chi connectivity index (χ4n) is 2.23. The monoisotopic (exact) mass is 309 g/mol. The summed E-state index contributed by atoms with van der Waals surface area (Å²) in [6, 6.07) is 7.32. The Morgan fingerprint density at radius 3 is 2.70 bits per heavy atom. The molecule has 5 nitrogen and oxygen atoms in total. The molecular weight excluding hydrogens is 298 g/mol. The Labute approximate surface area is 120 Å². The number of aromatic nitrogens is 3. The largest absolute Gasteiger partial charge is 0.344 e. The molecule has 7 heteroatoms. The predicted molar refractivity (Wildman–Crippen MR) is 77.2 cm³/mol. The molecule has 0 unspecified atom stereocenters. The smallest absolute Gasteiger partial charge is 0.263 e. The van der Waals surface area contributed by atoms with Crippen molar-refractivity contribution in [3.8, 4) is 0 Å². The molecule has 0 saturated heterocycles. The summed E-state index contributed by atoms with van der Waals surface area (Å²) in [7, 11) is 1.75. The zero-order valence-corrected chi connectivity index (χ0v) is 12.0. The molecule has 0 radical (unpaired) electrons. The van der Waals surface area contributed by atoms with E-state index in [1.165, 1.54) is 0 Å². The van der Waals surface area contributed by atoms with E-state index in [1.807, 2.05) is 27.5 Å². The maximum Gasteiger partial charge on any atom is 0.263 e. The molecule has 20 heavy (non-hydrogen) atoms. The number of hydrogen-bond acceptors (Lipinski definition) is 3. The van der Waals surface area contributed by atoms with Crippen LogP contribution in [0.1, 0.15) is 0 Å². The minimum atomic E-state index is -3.75. The third kappa shape index (κ3) is 2.44. The fourth-order valence-corrected chi connectivity index (χ4v) is 3.29. The summed E-state index contributed by atoms with van der Waals surface area (Å²) >= 11 is 0. The number of rotatable bonds is 4. The van der Waals surface area contributed by atoms with Crippen LogP contribution in [0.2, 0.25) is 0 Å². The van der Waals surface area contributed by atoms with E-state index in [9.17, 15) is 8.42 Å². The maximum absolute atomic E-state index is 11.6. The normalized spacial score (nSPS) is 12.1. The van der Waals surface area contributed by atoms with Gasteiger partial charge in [-0.2, -0.15) is 0 Å². The summed E-state index contributed by atoms with van der Waals surface area (Å²) in [5, 5.41) is 0.646. The van der Waals surface area contributed by atoms with Crippen LogP contribution in [-0.2, 0) is 22.1 Å². The Kier molecular flexibility index (Phi) is 3.27. The molecule has 0 atom stereocenters. The summed E-state index contributed by atoms with van der Waals surface area (Å²) in [5.41, 5.74) is 0.854. The summed E-state index contributed by atoms with van der Waals surface area (Å²) in [4.78, 5) is 4.13. The number of fused-ring (bicyclic) bond motifs is 1. The Bertz CT molecular complexity index is 838. The van der Waals surface area contributed by atoms with Gasteiger partial charge in [-0.05, 0) is 6.07 Å². The second kappa shape index (κ2) is 4.96. The SMILES string of the molecule is O=S(=O)(Cl)c1cn(CCn2ccnc2)c2ccccc12. The Morgan fingerprint density at radius 2 is 2.00 bits per heavy atom. The van der Waals surface area contributed by atoms with Gasteiger partial charge in [0.1, 0.15) is 4.90 Å². The maximum atomic E-state index is 11.6. The predicted octanol–water partition coefficient (Wildman–Crippen LogP) is 2.47. The van der Waals surface area contributed by atoms with E-state index in [0.29, 0.717) is 18.5 Å². The van der Waals surface area contributed by atoms with Gasteiger partial charge in [-0.25, -0.2) is 13.4 Å². The van der Waals surface area contributed by atoms with E-state index in [-0.39, 0.29) is 4.90 Å². The minimum Gasteiger partial charge on any atom is -0.344 e. The standard InChI is InChI=1S/C13H12ClN3O2S/c14-20(18,19)13-9-17(8-7-16-6-5-15-10-16)12-4-2-1-3-11(12)13/h1-6,9-10H,7-8H2. The van der Waals surface area contributed by atoms with Crippen molar-refractivity contribution in [3.63, 3.8) is 0 Å². The third-order valence-electron chi connectivity index (χ3n) is 3.17. The zero-order chi connectivity index (χ0) is 14.2. The van der Waals surface area contributed by atoms with Gasteiger partial charge in [-0.3, -0.25) is 0 Å². The van der Waals surface area contributed by atoms with E-state index in [0.717, 1.165) is 5.52 Å². The van der Waals surface area contributed by atoms with Gasteiger partial charge in [0, 0.05) is 53.3 Å². The number of imidazole rings is 1. The first-order valence-corrected chi connectivity index (χ1v) is 8.35. The molecule has 2 heterocycles. The summed E-state index contributed by atoms with van der Waals surface area (Å²) in [6.07, 6.45) is 6.89. The van der Waals surface area contributed by atoms with Gasteiger partial charge >= 0.3 is 0 Å². The average molecular weight is 310 g/mol. The molecule has 0 aliphatic heterocycles. The first-order chi connectivity index (χ1) is 9.55. The number of halogens is 1. The summed E-state index contributed by atoms with van der Waals surface area (Å²) in [5.74, 6) is 0. The summed E-state index contributed by atoms with van der Waals surface area (Å²) in [6.45, 7) is 1.35. The molecule has 0 N–H and O–H groups in total. The number of nitrogens with zero attached hydrogens (tertiary/aromatic N) is 3. The highest BCUT2D eigenvalue weighted by Gasteiger charge is 2.18. The van der Waals surface area contributed by atoms with E-state index >= 15 is 0 Å². The van der Waals surface area contributed by atoms with Crippen molar-refractivity contribution in [2.45, 2.75) is 18.0 Å². The van der Waals surface area contributed by atoms with E-state index in [2.05, 4.69) is 4.98 Å². The molecule has 1 aromatic carbocycles.